The van der Waals surface area contributed by atoms with Crippen LogP contribution in [0.3, 0.4) is 0 Å². The largest absolute Gasteiger partial charge is 0.465 e. The monoisotopic (exact) mass is 447 g/mol. The number of carbonyl (C=O) groups is 1. The van der Waals surface area contributed by atoms with Crippen LogP contribution in [-0.2, 0) is 19.5 Å². The Balaban J connectivity index is 1.39. The van der Waals surface area contributed by atoms with E-state index in [2.05, 4.69) is 40.8 Å². The maximum atomic E-state index is 11.7. The van der Waals surface area contributed by atoms with Gasteiger partial charge in [0.2, 0.25) is 0 Å². The summed E-state index contributed by atoms with van der Waals surface area (Å²) in [4.78, 5) is 25.5. The lowest BCUT2D eigenvalue weighted by Gasteiger charge is -2.34. The van der Waals surface area contributed by atoms with E-state index in [1.165, 1.54) is 17.7 Å². The lowest BCUT2D eigenvalue weighted by molar-refractivity contribution is 0.101. The van der Waals surface area contributed by atoms with Gasteiger partial charge in [0.25, 0.3) is 0 Å². The molecule has 1 aliphatic carbocycles. The molecule has 1 aliphatic heterocycles. The Morgan fingerprint density at radius 1 is 1.15 bits per heavy atom. The zero-order valence-corrected chi connectivity index (χ0v) is 19.4. The Labute approximate surface area is 195 Å². The molecule has 5 rings (SSSR count). The van der Waals surface area contributed by atoms with Crippen LogP contribution < -0.4 is 0 Å². The number of benzene rings is 1. The van der Waals surface area contributed by atoms with Crippen molar-refractivity contribution >= 4 is 17.1 Å². The molecule has 1 N–H and O–H groups in total. The second-order valence-corrected chi connectivity index (χ2v) is 9.45. The van der Waals surface area contributed by atoms with Crippen LogP contribution in [0.15, 0.2) is 42.6 Å². The van der Waals surface area contributed by atoms with Crippen molar-refractivity contribution in [3.05, 3.63) is 59.7 Å². The number of para-hydroxylation sites is 2. The second-order valence-electron chi connectivity index (χ2n) is 9.45. The summed E-state index contributed by atoms with van der Waals surface area (Å²) in [5.41, 5.74) is 4.69. The maximum absolute atomic E-state index is 11.7. The van der Waals surface area contributed by atoms with Gasteiger partial charge >= 0.3 is 6.09 Å². The van der Waals surface area contributed by atoms with Gasteiger partial charge in [0, 0.05) is 25.3 Å². The summed E-state index contributed by atoms with van der Waals surface area (Å²) in [7, 11) is 2.17. The summed E-state index contributed by atoms with van der Waals surface area (Å²) < 4.78 is 2.31. The summed E-state index contributed by atoms with van der Waals surface area (Å²) in [5.74, 6) is 1.04. The van der Waals surface area contributed by atoms with Crippen molar-refractivity contribution in [3.63, 3.8) is 0 Å². The van der Waals surface area contributed by atoms with Gasteiger partial charge in [-0.25, -0.2) is 9.78 Å². The average molecular weight is 448 g/mol. The Hall–Kier alpha value is -2.93. The van der Waals surface area contributed by atoms with E-state index in [1.54, 1.807) is 4.90 Å². The number of fused-ring (bicyclic) bond motifs is 2. The van der Waals surface area contributed by atoms with Crippen LogP contribution in [0, 0.1) is 0 Å². The van der Waals surface area contributed by atoms with Crippen molar-refractivity contribution < 1.29 is 9.90 Å². The highest BCUT2D eigenvalue weighted by atomic mass is 16.4. The zero-order chi connectivity index (χ0) is 22.8. The molecule has 3 aromatic rings. The first-order valence-electron chi connectivity index (χ1n) is 12.2. The predicted molar refractivity (Wildman–Crippen MR) is 128 cm³/mol. The van der Waals surface area contributed by atoms with Crippen LogP contribution in [0.2, 0.25) is 0 Å². The topological polar surface area (TPSA) is 74.5 Å². The number of aromatic nitrogens is 3. The molecule has 1 fully saturated rings. The smallest absolute Gasteiger partial charge is 0.407 e. The van der Waals surface area contributed by atoms with E-state index in [0.717, 1.165) is 68.5 Å². The fourth-order valence-corrected chi connectivity index (χ4v) is 5.67. The van der Waals surface area contributed by atoms with E-state index < -0.39 is 6.09 Å². The third-order valence-corrected chi connectivity index (χ3v) is 7.38. The Kier molecular flexibility index (Phi) is 6.31. The third-order valence-electron chi connectivity index (χ3n) is 7.38. The number of rotatable bonds is 6. The zero-order valence-electron chi connectivity index (χ0n) is 19.4. The van der Waals surface area contributed by atoms with Crippen LogP contribution in [0.25, 0.3) is 11.0 Å². The molecule has 2 atom stereocenters. The van der Waals surface area contributed by atoms with Gasteiger partial charge in [-0.15, -0.1) is 0 Å². The van der Waals surface area contributed by atoms with Crippen molar-refractivity contribution in [2.75, 3.05) is 13.6 Å². The number of amides is 1. The van der Waals surface area contributed by atoms with E-state index in [-0.39, 0.29) is 6.04 Å². The summed E-state index contributed by atoms with van der Waals surface area (Å²) in [5, 5.41) is 9.63. The van der Waals surface area contributed by atoms with E-state index in [1.807, 2.05) is 18.3 Å². The summed E-state index contributed by atoms with van der Waals surface area (Å²) >= 11 is 0. The van der Waals surface area contributed by atoms with Gasteiger partial charge in [-0.2, -0.15) is 0 Å². The van der Waals surface area contributed by atoms with Gasteiger partial charge in [0.1, 0.15) is 5.82 Å². The quantitative estimate of drug-likeness (QED) is 0.584. The number of imidazole rings is 1. The van der Waals surface area contributed by atoms with Gasteiger partial charge in [0.05, 0.1) is 29.3 Å². The van der Waals surface area contributed by atoms with Gasteiger partial charge < -0.3 is 14.6 Å². The third kappa shape index (κ3) is 4.47. The number of carboxylic acid groups (broad SMARTS) is 1. The molecule has 2 aliphatic rings. The number of aryl methyl sites for hydroxylation is 2. The minimum Gasteiger partial charge on any atom is -0.465 e. The standard InChI is InChI=1S/C26H33N5O2/c1-29(23-13-6-8-19-9-7-15-27-25(19)23)18-24-28-21-11-2-3-12-22(21)31(24)17-14-20-10-4-5-16-30(20)26(32)33/h2-3,7,9,11-12,15,20,23H,4-6,8,10,13-14,16-18H2,1H3,(H,32,33). The molecule has 3 heterocycles. The molecule has 1 amide bonds. The number of nitrogens with zero attached hydrogens (tertiary/aromatic N) is 5. The molecule has 7 heteroatoms. The molecule has 33 heavy (non-hydrogen) atoms. The predicted octanol–water partition coefficient (Wildman–Crippen LogP) is 4.86. The Bertz CT molecular complexity index is 1130. The van der Waals surface area contributed by atoms with Crippen molar-refractivity contribution in [1.82, 2.24) is 24.3 Å². The first-order chi connectivity index (χ1) is 16.1. The SMILES string of the molecule is CN(Cc1nc2ccccc2n1CCC1CCCCN1C(=O)O)C1CCCc2cccnc21. The summed E-state index contributed by atoms with van der Waals surface area (Å²) in [6, 6.07) is 12.9. The van der Waals surface area contributed by atoms with E-state index in [0.29, 0.717) is 12.6 Å². The highest BCUT2D eigenvalue weighted by Crippen LogP contribution is 2.33. The van der Waals surface area contributed by atoms with Gasteiger partial charge in [0.15, 0.2) is 0 Å². The first-order valence-corrected chi connectivity index (χ1v) is 12.2. The molecule has 0 spiro atoms. The van der Waals surface area contributed by atoms with Gasteiger partial charge in [-0.05, 0) is 75.8 Å². The number of piperidine rings is 1. The van der Waals surface area contributed by atoms with E-state index >= 15 is 0 Å². The van der Waals surface area contributed by atoms with Crippen LogP contribution in [0.4, 0.5) is 4.79 Å². The lowest BCUT2D eigenvalue weighted by Crippen LogP contribution is -2.43. The minimum atomic E-state index is -0.793. The molecule has 2 aromatic heterocycles. The number of hydrogen-bond donors (Lipinski definition) is 1. The van der Waals surface area contributed by atoms with Crippen LogP contribution in [0.5, 0.6) is 0 Å². The Morgan fingerprint density at radius 3 is 2.91 bits per heavy atom. The van der Waals surface area contributed by atoms with Gasteiger partial charge in [-0.3, -0.25) is 9.88 Å². The highest BCUT2D eigenvalue weighted by Gasteiger charge is 2.28. The average Bonchev–Trinajstić information content (AvgIpc) is 3.19. The molecule has 0 radical (unpaired) electrons. The highest BCUT2D eigenvalue weighted by molar-refractivity contribution is 5.75. The van der Waals surface area contributed by atoms with Crippen molar-refractivity contribution in [1.29, 1.82) is 0 Å². The fraction of sp³-hybridized carbons (Fsp3) is 0.500. The number of likely N-dealkylation sites (tertiary alicyclic amines) is 1. The van der Waals surface area contributed by atoms with Crippen LogP contribution in [-0.4, -0.2) is 55.2 Å². The van der Waals surface area contributed by atoms with Crippen molar-refractivity contribution in [2.45, 2.75) is 70.1 Å². The molecular formula is C26H33N5O2. The summed E-state index contributed by atoms with van der Waals surface area (Å²) in [6.07, 6.45) is 8.32. The van der Waals surface area contributed by atoms with Crippen LogP contribution in [0.1, 0.15) is 61.6 Å². The van der Waals surface area contributed by atoms with E-state index in [9.17, 15) is 9.90 Å². The molecular weight excluding hydrogens is 414 g/mol. The molecule has 0 saturated carbocycles. The molecule has 0 bridgehead atoms. The Morgan fingerprint density at radius 2 is 2.03 bits per heavy atom. The molecule has 174 valence electrons. The van der Waals surface area contributed by atoms with Crippen molar-refractivity contribution in [3.8, 4) is 0 Å². The first kappa shape index (κ1) is 21.9. The number of hydrogen-bond acceptors (Lipinski definition) is 4. The normalized spacial score (nSPS) is 20.8. The molecule has 2 unspecified atom stereocenters. The lowest BCUT2D eigenvalue weighted by atomic mass is 9.91. The number of pyridine rings is 1. The van der Waals surface area contributed by atoms with E-state index in [4.69, 9.17) is 9.97 Å². The maximum Gasteiger partial charge on any atom is 0.407 e. The molecule has 1 saturated heterocycles. The molecule has 7 nitrogen and oxygen atoms in total. The van der Waals surface area contributed by atoms with Crippen molar-refractivity contribution in [2.24, 2.45) is 0 Å². The van der Waals surface area contributed by atoms with Gasteiger partial charge in [-0.1, -0.05) is 18.2 Å². The fourth-order valence-electron chi connectivity index (χ4n) is 5.67. The second kappa shape index (κ2) is 9.51. The minimum absolute atomic E-state index is 0.0809. The summed E-state index contributed by atoms with van der Waals surface area (Å²) in [6.45, 7) is 2.16. The molecule has 1 aromatic carbocycles. The van der Waals surface area contributed by atoms with Crippen LogP contribution >= 0.6 is 0 Å².